The molecule has 1 unspecified atom stereocenters. The third-order valence-electron chi connectivity index (χ3n) is 3.39. The highest BCUT2D eigenvalue weighted by Crippen LogP contribution is 2.33. The van der Waals surface area contributed by atoms with E-state index in [0.717, 1.165) is 24.4 Å². The van der Waals surface area contributed by atoms with Gasteiger partial charge in [0, 0.05) is 0 Å². The highest BCUT2D eigenvalue weighted by atomic mass is 16.5. The third kappa shape index (κ3) is 2.06. The van der Waals surface area contributed by atoms with Gasteiger partial charge in [-0.3, -0.25) is 0 Å². The van der Waals surface area contributed by atoms with E-state index in [1.165, 1.54) is 11.1 Å². The minimum Gasteiger partial charge on any atom is -0.482 e. The third-order valence-corrected chi connectivity index (χ3v) is 3.39. The number of benzene rings is 2. The zero-order valence-electron chi connectivity index (χ0n) is 10.5. The molecule has 1 aliphatic heterocycles. The summed E-state index contributed by atoms with van der Waals surface area (Å²) in [5.74, 6) is 0.938. The van der Waals surface area contributed by atoms with Crippen molar-refractivity contribution in [2.45, 2.75) is 19.4 Å². The van der Waals surface area contributed by atoms with E-state index in [0.29, 0.717) is 0 Å². The first-order chi connectivity index (χ1) is 8.86. The first-order valence-corrected chi connectivity index (χ1v) is 6.45. The number of nitrogens with one attached hydrogen (secondary N) is 1. The average molecular weight is 239 g/mol. The lowest BCUT2D eigenvalue weighted by Gasteiger charge is -2.27. The summed E-state index contributed by atoms with van der Waals surface area (Å²) in [7, 11) is 0. The summed E-state index contributed by atoms with van der Waals surface area (Å²) in [5.41, 5.74) is 3.68. The number of hydrogen-bond acceptors (Lipinski definition) is 2. The van der Waals surface area contributed by atoms with E-state index < -0.39 is 0 Å². The molecule has 18 heavy (non-hydrogen) atoms. The number of para-hydroxylation sites is 2. The van der Waals surface area contributed by atoms with Gasteiger partial charge in [-0.1, -0.05) is 43.3 Å². The Hall–Kier alpha value is -1.96. The van der Waals surface area contributed by atoms with Crippen LogP contribution in [0.3, 0.4) is 0 Å². The van der Waals surface area contributed by atoms with E-state index in [4.69, 9.17) is 4.74 Å². The van der Waals surface area contributed by atoms with Gasteiger partial charge in [-0.2, -0.15) is 0 Å². The van der Waals surface area contributed by atoms with Crippen molar-refractivity contribution >= 4 is 5.69 Å². The minimum absolute atomic E-state index is 0.103. The van der Waals surface area contributed by atoms with E-state index in [9.17, 15) is 0 Å². The summed E-state index contributed by atoms with van der Waals surface area (Å²) in [4.78, 5) is 0. The molecule has 2 nitrogen and oxygen atoms in total. The number of rotatable bonds is 2. The zero-order chi connectivity index (χ0) is 12.4. The maximum atomic E-state index is 6.03. The van der Waals surface area contributed by atoms with Crippen LogP contribution >= 0.6 is 0 Å². The molecular weight excluding hydrogens is 222 g/mol. The highest BCUT2D eigenvalue weighted by Gasteiger charge is 2.20. The molecule has 92 valence electrons. The first-order valence-electron chi connectivity index (χ1n) is 6.45. The molecule has 2 aromatic rings. The van der Waals surface area contributed by atoms with E-state index in [2.05, 4.69) is 36.5 Å². The lowest BCUT2D eigenvalue weighted by molar-refractivity contribution is 0.210. The topological polar surface area (TPSA) is 21.3 Å². The van der Waals surface area contributed by atoms with Crippen molar-refractivity contribution < 1.29 is 4.74 Å². The Balaban J connectivity index is 1.82. The van der Waals surface area contributed by atoms with E-state index in [-0.39, 0.29) is 6.10 Å². The van der Waals surface area contributed by atoms with Gasteiger partial charge < -0.3 is 10.1 Å². The summed E-state index contributed by atoms with van der Waals surface area (Å²) in [6.07, 6.45) is 1.18. The molecule has 1 N–H and O–H groups in total. The van der Waals surface area contributed by atoms with Gasteiger partial charge in [0.25, 0.3) is 0 Å². The van der Waals surface area contributed by atoms with Crippen molar-refractivity contribution in [3.8, 4) is 5.75 Å². The molecule has 1 heterocycles. The quantitative estimate of drug-likeness (QED) is 0.860. The molecule has 0 spiro atoms. The van der Waals surface area contributed by atoms with Crippen LogP contribution in [0.25, 0.3) is 0 Å². The molecule has 0 amide bonds. The number of aryl methyl sites for hydroxylation is 1. The molecule has 0 aromatic heterocycles. The molecule has 0 saturated heterocycles. The maximum Gasteiger partial charge on any atom is 0.143 e. The van der Waals surface area contributed by atoms with Crippen LogP contribution in [0.15, 0.2) is 48.5 Å². The summed E-state index contributed by atoms with van der Waals surface area (Å²) in [6, 6.07) is 16.8. The molecule has 0 saturated carbocycles. The second kappa shape index (κ2) is 4.73. The second-order valence-electron chi connectivity index (χ2n) is 4.58. The van der Waals surface area contributed by atoms with Crippen molar-refractivity contribution in [2.75, 3.05) is 11.9 Å². The lowest BCUT2D eigenvalue weighted by Crippen LogP contribution is -2.23. The normalized spacial score (nSPS) is 17.5. The average Bonchev–Trinajstić information content (AvgIpc) is 2.47. The van der Waals surface area contributed by atoms with Gasteiger partial charge in [0.1, 0.15) is 11.9 Å². The fraction of sp³-hybridized carbons (Fsp3) is 0.250. The molecule has 0 radical (unpaired) electrons. The molecule has 0 aliphatic carbocycles. The summed E-state index contributed by atoms with van der Waals surface area (Å²) in [6.45, 7) is 2.99. The van der Waals surface area contributed by atoms with Gasteiger partial charge >= 0.3 is 0 Å². The Morgan fingerprint density at radius 3 is 2.67 bits per heavy atom. The van der Waals surface area contributed by atoms with Crippen LogP contribution in [0.4, 0.5) is 5.69 Å². The summed E-state index contributed by atoms with van der Waals surface area (Å²) >= 11 is 0. The van der Waals surface area contributed by atoms with Gasteiger partial charge in [0.15, 0.2) is 0 Å². The molecule has 0 fully saturated rings. The Kier molecular flexibility index (Phi) is 2.93. The van der Waals surface area contributed by atoms with Crippen LogP contribution < -0.4 is 10.1 Å². The molecule has 1 aliphatic rings. The zero-order valence-corrected chi connectivity index (χ0v) is 10.5. The van der Waals surface area contributed by atoms with Gasteiger partial charge in [-0.05, 0) is 29.7 Å². The van der Waals surface area contributed by atoms with Gasteiger partial charge in [-0.25, -0.2) is 0 Å². The minimum atomic E-state index is 0.103. The number of hydrogen-bond donors (Lipinski definition) is 1. The Bertz CT molecular complexity index is 533. The number of fused-ring (bicyclic) bond motifs is 1. The molecule has 3 rings (SSSR count). The largest absolute Gasteiger partial charge is 0.482 e. The maximum absolute atomic E-state index is 6.03. The summed E-state index contributed by atoms with van der Waals surface area (Å²) < 4.78 is 6.03. The fourth-order valence-corrected chi connectivity index (χ4v) is 2.27. The molecule has 1 atom stereocenters. The van der Waals surface area contributed by atoms with Gasteiger partial charge in [0.05, 0.1) is 12.2 Å². The van der Waals surface area contributed by atoms with Gasteiger partial charge in [0.2, 0.25) is 0 Å². The monoisotopic (exact) mass is 239 g/mol. The van der Waals surface area contributed by atoms with Crippen LogP contribution in [-0.2, 0) is 6.42 Å². The van der Waals surface area contributed by atoms with E-state index in [1.54, 1.807) is 0 Å². The van der Waals surface area contributed by atoms with Gasteiger partial charge in [-0.15, -0.1) is 0 Å². The summed E-state index contributed by atoms with van der Waals surface area (Å²) in [5, 5.41) is 3.41. The predicted octanol–water partition coefficient (Wildman–Crippen LogP) is 3.79. The van der Waals surface area contributed by atoms with Crippen LogP contribution in [0.5, 0.6) is 5.75 Å². The van der Waals surface area contributed by atoms with Crippen molar-refractivity contribution in [3.63, 3.8) is 0 Å². The smallest absolute Gasteiger partial charge is 0.143 e. The molecule has 2 aromatic carbocycles. The van der Waals surface area contributed by atoms with Crippen molar-refractivity contribution in [3.05, 3.63) is 59.7 Å². The van der Waals surface area contributed by atoms with Crippen molar-refractivity contribution in [2.24, 2.45) is 0 Å². The highest BCUT2D eigenvalue weighted by molar-refractivity contribution is 5.58. The predicted molar refractivity (Wildman–Crippen MR) is 74.1 cm³/mol. The van der Waals surface area contributed by atoms with Crippen LogP contribution in [0.2, 0.25) is 0 Å². The molecular formula is C16H17NO. The lowest BCUT2D eigenvalue weighted by atomic mass is 10.0. The van der Waals surface area contributed by atoms with Crippen molar-refractivity contribution in [1.29, 1.82) is 0 Å². The Morgan fingerprint density at radius 1 is 1.11 bits per heavy atom. The molecule has 2 heteroatoms. The van der Waals surface area contributed by atoms with Crippen molar-refractivity contribution in [1.82, 2.24) is 0 Å². The van der Waals surface area contributed by atoms with Crippen LogP contribution in [-0.4, -0.2) is 6.54 Å². The first kappa shape index (κ1) is 11.1. The second-order valence-corrected chi connectivity index (χ2v) is 4.58. The van der Waals surface area contributed by atoms with Crippen LogP contribution in [0, 0.1) is 0 Å². The molecule has 0 bridgehead atoms. The fourth-order valence-electron chi connectivity index (χ4n) is 2.27. The van der Waals surface area contributed by atoms with Crippen LogP contribution in [0.1, 0.15) is 24.2 Å². The number of ether oxygens (including phenoxy) is 1. The number of anilines is 1. The standard InChI is InChI=1S/C16H17NO/c1-2-12-7-9-13(10-8-12)16-11-17-14-5-3-4-6-15(14)18-16/h3-10,16-17H,2,11H2,1H3. The van der Waals surface area contributed by atoms with E-state index in [1.807, 2.05) is 24.3 Å². The van der Waals surface area contributed by atoms with E-state index >= 15 is 0 Å². The Labute approximate surface area is 108 Å². The Morgan fingerprint density at radius 2 is 1.89 bits per heavy atom. The SMILES string of the molecule is CCc1ccc(C2CNc3ccccc3O2)cc1.